The summed E-state index contributed by atoms with van der Waals surface area (Å²) in [7, 11) is 0. The van der Waals surface area contributed by atoms with Crippen LogP contribution in [0.2, 0.25) is 0 Å². The standard InChI is InChI=1S/C17H15NO5/c1-2-18-23-17-15-11(19)8-13(10-6-4-3-5-7-10)22-14(15)9-12(20)16(17)21/h3-9,18,20-21H,2H2,1H3. The summed E-state index contributed by atoms with van der Waals surface area (Å²) < 4.78 is 5.71. The Labute approximate surface area is 131 Å². The van der Waals surface area contributed by atoms with Crippen molar-refractivity contribution in [2.24, 2.45) is 0 Å². The molecule has 0 radical (unpaired) electrons. The van der Waals surface area contributed by atoms with Crippen molar-refractivity contribution >= 4 is 11.0 Å². The monoisotopic (exact) mass is 313 g/mol. The van der Waals surface area contributed by atoms with Crippen LogP contribution in [0, 0.1) is 0 Å². The molecule has 1 heterocycles. The van der Waals surface area contributed by atoms with E-state index in [4.69, 9.17) is 9.25 Å². The third-order valence-electron chi connectivity index (χ3n) is 3.30. The van der Waals surface area contributed by atoms with Gasteiger partial charge < -0.3 is 19.5 Å². The summed E-state index contributed by atoms with van der Waals surface area (Å²) in [5, 5.41) is 19.8. The lowest BCUT2D eigenvalue weighted by Crippen LogP contribution is -2.18. The van der Waals surface area contributed by atoms with Crippen molar-refractivity contribution in [3.8, 4) is 28.6 Å². The van der Waals surface area contributed by atoms with Gasteiger partial charge in [0.15, 0.2) is 11.2 Å². The molecule has 0 amide bonds. The second kappa shape index (κ2) is 6.02. The third-order valence-corrected chi connectivity index (χ3v) is 3.30. The second-order valence-corrected chi connectivity index (χ2v) is 4.89. The number of phenolic OH excluding ortho intramolecular Hbond substituents is 2. The quantitative estimate of drug-likeness (QED) is 0.507. The molecule has 1 aromatic heterocycles. The van der Waals surface area contributed by atoms with Crippen LogP contribution in [0.25, 0.3) is 22.3 Å². The van der Waals surface area contributed by atoms with E-state index in [1.165, 1.54) is 12.1 Å². The molecule has 6 nitrogen and oxygen atoms in total. The molecule has 0 spiro atoms. The van der Waals surface area contributed by atoms with Gasteiger partial charge in [0, 0.05) is 24.2 Å². The first-order valence-corrected chi connectivity index (χ1v) is 7.09. The minimum absolute atomic E-state index is 0.0564. The van der Waals surface area contributed by atoms with E-state index in [2.05, 4.69) is 5.48 Å². The van der Waals surface area contributed by atoms with Gasteiger partial charge in [0.25, 0.3) is 0 Å². The zero-order valence-electron chi connectivity index (χ0n) is 12.4. The zero-order valence-corrected chi connectivity index (χ0v) is 12.4. The van der Waals surface area contributed by atoms with E-state index in [9.17, 15) is 15.0 Å². The first kappa shape index (κ1) is 14.9. The van der Waals surface area contributed by atoms with Crippen molar-refractivity contribution in [3.05, 3.63) is 52.7 Å². The van der Waals surface area contributed by atoms with Gasteiger partial charge in [0.1, 0.15) is 16.7 Å². The van der Waals surface area contributed by atoms with Crippen LogP contribution in [0.5, 0.6) is 17.2 Å². The maximum atomic E-state index is 12.5. The summed E-state index contributed by atoms with van der Waals surface area (Å²) in [5.74, 6) is -0.741. The molecule has 0 aliphatic carbocycles. The van der Waals surface area contributed by atoms with Crippen LogP contribution in [0.1, 0.15) is 6.92 Å². The minimum Gasteiger partial charge on any atom is -0.504 e. The van der Waals surface area contributed by atoms with Crippen molar-refractivity contribution < 1.29 is 19.5 Å². The predicted molar refractivity (Wildman–Crippen MR) is 85.6 cm³/mol. The molecule has 2 aromatic carbocycles. The minimum atomic E-state index is -0.516. The Bertz CT molecular complexity index is 902. The number of fused-ring (bicyclic) bond motifs is 1. The Morgan fingerprint density at radius 2 is 1.91 bits per heavy atom. The summed E-state index contributed by atoms with van der Waals surface area (Å²) in [5.41, 5.74) is 3.02. The predicted octanol–water partition coefficient (Wildman–Crippen LogP) is 2.77. The lowest BCUT2D eigenvalue weighted by atomic mass is 10.1. The zero-order chi connectivity index (χ0) is 16.4. The average molecular weight is 313 g/mol. The fourth-order valence-corrected chi connectivity index (χ4v) is 2.25. The number of nitrogens with one attached hydrogen (secondary N) is 1. The molecule has 0 fully saturated rings. The Hall–Kier alpha value is -2.99. The molecule has 3 aromatic rings. The first-order chi connectivity index (χ1) is 11.1. The van der Waals surface area contributed by atoms with Crippen LogP contribution in [-0.4, -0.2) is 16.8 Å². The third kappa shape index (κ3) is 2.72. The number of benzene rings is 2. The number of hydroxylamine groups is 1. The molecular formula is C17H15NO5. The van der Waals surface area contributed by atoms with Crippen molar-refractivity contribution in [1.82, 2.24) is 5.48 Å². The van der Waals surface area contributed by atoms with Gasteiger partial charge in [0.2, 0.25) is 11.5 Å². The van der Waals surface area contributed by atoms with E-state index in [1.54, 1.807) is 19.1 Å². The summed E-state index contributed by atoms with van der Waals surface area (Å²) in [6.45, 7) is 2.24. The van der Waals surface area contributed by atoms with Crippen LogP contribution in [0.3, 0.4) is 0 Å². The maximum absolute atomic E-state index is 12.5. The normalized spacial score (nSPS) is 10.8. The Morgan fingerprint density at radius 1 is 1.17 bits per heavy atom. The molecule has 0 unspecified atom stereocenters. The average Bonchev–Trinajstić information content (AvgIpc) is 2.56. The van der Waals surface area contributed by atoms with Gasteiger partial charge >= 0.3 is 0 Å². The molecule has 3 N–H and O–H groups in total. The molecule has 0 bridgehead atoms. The van der Waals surface area contributed by atoms with Gasteiger partial charge in [-0.1, -0.05) is 30.3 Å². The molecule has 0 aliphatic heterocycles. The molecular weight excluding hydrogens is 298 g/mol. The van der Waals surface area contributed by atoms with Gasteiger partial charge in [-0.05, 0) is 6.92 Å². The van der Waals surface area contributed by atoms with Crippen molar-refractivity contribution in [1.29, 1.82) is 0 Å². The highest BCUT2D eigenvalue weighted by Gasteiger charge is 2.19. The smallest absolute Gasteiger partial charge is 0.207 e. The van der Waals surface area contributed by atoms with E-state index in [0.717, 1.165) is 5.56 Å². The lowest BCUT2D eigenvalue weighted by molar-refractivity contribution is 0.195. The maximum Gasteiger partial charge on any atom is 0.207 e. The van der Waals surface area contributed by atoms with E-state index in [-0.39, 0.29) is 22.1 Å². The van der Waals surface area contributed by atoms with Crippen molar-refractivity contribution in [3.63, 3.8) is 0 Å². The van der Waals surface area contributed by atoms with Crippen LogP contribution >= 0.6 is 0 Å². The number of hydrogen-bond donors (Lipinski definition) is 3. The molecule has 0 atom stereocenters. The van der Waals surface area contributed by atoms with E-state index >= 15 is 0 Å². The Kier molecular flexibility index (Phi) is 3.91. The molecule has 0 saturated carbocycles. The summed E-state index contributed by atoms with van der Waals surface area (Å²) in [6.07, 6.45) is 0. The molecule has 0 saturated heterocycles. The van der Waals surface area contributed by atoms with Crippen molar-refractivity contribution in [2.75, 3.05) is 6.54 Å². The van der Waals surface area contributed by atoms with Crippen molar-refractivity contribution in [2.45, 2.75) is 6.92 Å². The van der Waals surface area contributed by atoms with Gasteiger partial charge in [0.05, 0.1) is 0 Å². The lowest BCUT2D eigenvalue weighted by Gasteiger charge is -2.11. The topological polar surface area (TPSA) is 91.9 Å². The van der Waals surface area contributed by atoms with Crippen LogP contribution in [-0.2, 0) is 0 Å². The van der Waals surface area contributed by atoms with Crippen LogP contribution in [0.15, 0.2) is 51.7 Å². The second-order valence-electron chi connectivity index (χ2n) is 4.89. The molecule has 0 aliphatic rings. The van der Waals surface area contributed by atoms with Crippen LogP contribution in [0.4, 0.5) is 0 Å². The van der Waals surface area contributed by atoms with Gasteiger partial charge in [-0.2, -0.15) is 5.48 Å². The molecule has 6 heteroatoms. The molecule has 3 rings (SSSR count). The fraction of sp³-hybridized carbons (Fsp3) is 0.118. The summed E-state index contributed by atoms with van der Waals surface area (Å²) >= 11 is 0. The first-order valence-electron chi connectivity index (χ1n) is 7.09. The SMILES string of the molecule is CCNOc1c(O)c(O)cc2oc(-c3ccccc3)cc(=O)c12. The van der Waals surface area contributed by atoms with Gasteiger partial charge in [-0.3, -0.25) is 4.79 Å². The number of aromatic hydroxyl groups is 2. The van der Waals surface area contributed by atoms with E-state index < -0.39 is 11.5 Å². The number of phenols is 2. The highest BCUT2D eigenvalue weighted by atomic mass is 16.6. The molecule has 23 heavy (non-hydrogen) atoms. The number of hydrogen-bond acceptors (Lipinski definition) is 6. The summed E-state index contributed by atoms with van der Waals surface area (Å²) in [6, 6.07) is 11.6. The fourth-order valence-electron chi connectivity index (χ4n) is 2.25. The highest BCUT2D eigenvalue weighted by molar-refractivity contribution is 5.89. The highest BCUT2D eigenvalue weighted by Crippen LogP contribution is 2.41. The van der Waals surface area contributed by atoms with E-state index in [1.807, 2.05) is 18.2 Å². The van der Waals surface area contributed by atoms with Gasteiger partial charge in [-0.15, -0.1) is 0 Å². The summed E-state index contributed by atoms with van der Waals surface area (Å²) in [4.78, 5) is 17.6. The Balaban J connectivity index is 2.26. The number of rotatable bonds is 4. The molecule has 118 valence electrons. The Morgan fingerprint density at radius 3 is 2.61 bits per heavy atom. The van der Waals surface area contributed by atoms with Gasteiger partial charge in [-0.25, -0.2) is 0 Å². The van der Waals surface area contributed by atoms with Crippen LogP contribution < -0.4 is 15.7 Å². The van der Waals surface area contributed by atoms with E-state index in [0.29, 0.717) is 12.3 Å². The largest absolute Gasteiger partial charge is 0.504 e.